The van der Waals surface area contributed by atoms with Crippen molar-refractivity contribution in [3.05, 3.63) is 0 Å². The van der Waals surface area contributed by atoms with E-state index in [4.69, 9.17) is 0 Å². The molecule has 0 aromatic rings. The highest BCUT2D eigenvalue weighted by atomic mass is 16.3. The molecule has 0 bridgehead atoms. The van der Waals surface area contributed by atoms with E-state index in [0.717, 1.165) is 35.6 Å². The fourth-order valence-corrected chi connectivity index (χ4v) is 7.95. The van der Waals surface area contributed by atoms with Gasteiger partial charge in [-0.3, -0.25) is 0 Å². The van der Waals surface area contributed by atoms with Crippen molar-refractivity contribution in [1.29, 1.82) is 0 Å². The number of rotatable bonds is 2. The zero-order chi connectivity index (χ0) is 16.2. The molecule has 4 aliphatic rings. The Kier molecular flexibility index (Phi) is 4.29. The molecule has 4 rings (SSSR count). The molecule has 4 saturated carbocycles. The Hall–Kier alpha value is -0.0800. The monoisotopic (exact) mass is 319 g/mol. The number of hydrogen-bond donors (Lipinski definition) is 2. The third-order valence-corrected chi connectivity index (χ3v) is 9.02. The average Bonchev–Trinajstić information content (AvgIpc) is 2.91. The summed E-state index contributed by atoms with van der Waals surface area (Å²) in [7, 11) is 2.15. The molecule has 0 amide bonds. The van der Waals surface area contributed by atoms with Crippen LogP contribution in [0, 0.1) is 40.9 Å². The van der Waals surface area contributed by atoms with Crippen LogP contribution in [0.15, 0.2) is 0 Å². The Bertz CT molecular complexity index is 436. The fraction of sp³-hybridized carbons (Fsp3) is 1.00. The van der Waals surface area contributed by atoms with Crippen LogP contribution in [0.5, 0.6) is 0 Å². The first kappa shape index (κ1) is 16.4. The second-order valence-corrected chi connectivity index (χ2v) is 9.70. The Balaban J connectivity index is 1.52. The summed E-state index contributed by atoms with van der Waals surface area (Å²) in [6, 6.07) is 0.785. The first-order valence-electron chi connectivity index (χ1n) is 10.4. The standard InChI is InChI=1S/C21H37NO/c1-13(23)19-8-9-20-18-6-4-14-12-15(22-3)5-7-16(14)17(18)10-11-21(19,20)2/h13-20,22-23H,4-12H2,1-3H3/t13?,14-,15-,16+,17-,18-,19?,20+,21-/m1/s1. The molecule has 23 heavy (non-hydrogen) atoms. The Morgan fingerprint density at radius 1 is 0.957 bits per heavy atom. The number of hydrogen-bond acceptors (Lipinski definition) is 2. The summed E-state index contributed by atoms with van der Waals surface area (Å²) in [5.41, 5.74) is 0.435. The first-order valence-corrected chi connectivity index (χ1v) is 10.4. The molecule has 0 aromatic carbocycles. The predicted octanol–water partition coefficient (Wildman–Crippen LogP) is 4.22. The molecule has 0 spiro atoms. The van der Waals surface area contributed by atoms with E-state index in [1.54, 1.807) is 0 Å². The van der Waals surface area contributed by atoms with Gasteiger partial charge in [0.2, 0.25) is 0 Å². The minimum atomic E-state index is -0.107. The van der Waals surface area contributed by atoms with Crippen LogP contribution in [0.3, 0.4) is 0 Å². The molecule has 0 saturated heterocycles. The van der Waals surface area contributed by atoms with Crippen LogP contribution in [0.1, 0.15) is 71.6 Å². The van der Waals surface area contributed by atoms with E-state index in [0.29, 0.717) is 11.3 Å². The summed E-state index contributed by atoms with van der Waals surface area (Å²) in [5, 5.41) is 13.8. The van der Waals surface area contributed by atoms with E-state index >= 15 is 0 Å². The Labute approximate surface area is 142 Å². The van der Waals surface area contributed by atoms with E-state index < -0.39 is 0 Å². The zero-order valence-electron chi connectivity index (χ0n) is 15.4. The molecule has 0 aliphatic heterocycles. The fourth-order valence-electron chi connectivity index (χ4n) is 7.95. The van der Waals surface area contributed by atoms with Crippen molar-refractivity contribution in [1.82, 2.24) is 5.32 Å². The van der Waals surface area contributed by atoms with Gasteiger partial charge in [-0.25, -0.2) is 0 Å². The normalized spacial score (nSPS) is 54.0. The van der Waals surface area contributed by atoms with Crippen molar-refractivity contribution < 1.29 is 5.11 Å². The molecule has 132 valence electrons. The number of aliphatic hydroxyl groups is 1. The lowest BCUT2D eigenvalue weighted by molar-refractivity contribution is -0.0797. The largest absolute Gasteiger partial charge is 0.393 e. The van der Waals surface area contributed by atoms with Gasteiger partial charge in [0.1, 0.15) is 0 Å². The lowest BCUT2D eigenvalue weighted by Gasteiger charge is -2.56. The van der Waals surface area contributed by atoms with E-state index in [-0.39, 0.29) is 6.10 Å². The Morgan fingerprint density at radius 2 is 1.74 bits per heavy atom. The summed E-state index contributed by atoms with van der Waals surface area (Å²) in [6.45, 7) is 4.57. The third-order valence-electron chi connectivity index (χ3n) is 9.02. The SMILES string of the molecule is CN[C@@H]1CC[C@H]2[C@H](CC[C@@H]3[C@@H]2CC[C@]2(C)C(C(C)O)CC[C@@H]32)C1. The summed E-state index contributed by atoms with van der Waals surface area (Å²) in [6.07, 6.45) is 12.7. The van der Waals surface area contributed by atoms with E-state index in [1.807, 2.05) is 6.92 Å². The molecule has 2 nitrogen and oxygen atoms in total. The van der Waals surface area contributed by atoms with Crippen LogP contribution in [0.4, 0.5) is 0 Å². The number of nitrogens with one attached hydrogen (secondary N) is 1. The topological polar surface area (TPSA) is 32.3 Å². The van der Waals surface area contributed by atoms with Crippen molar-refractivity contribution in [3.8, 4) is 0 Å². The average molecular weight is 320 g/mol. The summed E-state index contributed by atoms with van der Waals surface area (Å²) < 4.78 is 0. The molecule has 0 radical (unpaired) electrons. The maximum Gasteiger partial charge on any atom is 0.0545 e. The molecular formula is C21H37NO. The van der Waals surface area contributed by atoms with Crippen molar-refractivity contribution in [2.75, 3.05) is 7.05 Å². The van der Waals surface area contributed by atoms with Crippen molar-refractivity contribution in [2.24, 2.45) is 40.9 Å². The van der Waals surface area contributed by atoms with Crippen molar-refractivity contribution in [2.45, 2.75) is 83.8 Å². The maximum absolute atomic E-state index is 10.3. The smallest absolute Gasteiger partial charge is 0.0545 e. The molecule has 4 aliphatic carbocycles. The molecule has 2 unspecified atom stereocenters. The van der Waals surface area contributed by atoms with Crippen LogP contribution in [0.25, 0.3) is 0 Å². The minimum Gasteiger partial charge on any atom is -0.393 e. The number of fused-ring (bicyclic) bond motifs is 5. The van der Waals surface area contributed by atoms with Gasteiger partial charge in [-0.1, -0.05) is 6.92 Å². The quantitative estimate of drug-likeness (QED) is 0.798. The second-order valence-electron chi connectivity index (χ2n) is 9.70. The van der Waals surface area contributed by atoms with Crippen molar-refractivity contribution >= 4 is 0 Å². The molecule has 0 aromatic heterocycles. The molecule has 2 heteroatoms. The lowest BCUT2D eigenvalue weighted by atomic mass is 9.49. The summed E-state index contributed by atoms with van der Waals surface area (Å²) in [5.74, 6) is 5.48. The van der Waals surface area contributed by atoms with Crippen LogP contribution in [-0.4, -0.2) is 24.3 Å². The predicted molar refractivity (Wildman–Crippen MR) is 95.1 cm³/mol. The van der Waals surface area contributed by atoms with Gasteiger partial charge >= 0.3 is 0 Å². The van der Waals surface area contributed by atoms with Gasteiger partial charge in [-0.05, 0) is 113 Å². The van der Waals surface area contributed by atoms with Gasteiger partial charge < -0.3 is 10.4 Å². The minimum absolute atomic E-state index is 0.107. The van der Waals surface area contributed by atoms with E-state index in [1.165, 1.54) is 57.8 Å². The third kappa shape index (κ3) is 2.51. The highest BCUT2D eigenvalue weighted by molar-refractivity contribution is 5.07. The van der Waals surface area contributed by atoms with Crippen LogP contribution < -0.4 is 5.32 Å². The summed E-state index contributed by atoms with van der Waals surface area (Å²) in [4.78, 5) is 0. The van der Waals surface area contributed by atoms with Crippen LogP contribution in [-0.2, 0) is 0 Å². The molecule has 9 atom stereocenters. The molecule has 2 N–H and O–H groups in total. The van der Waals surface area contributed by atoms with Gasteiger partial charge in [-0.15, -0.1) is 0 Å². The number of aliphatic hydroxyl groups excluding tert-OH is 1. The van der Waals surface area contributed by atoms with Gasteiger partial charge in [-0.2, -0.15) is 0 Å². The van der Waals surface area contributed by atoms with Crippen LogP contribution >= 0.6 is 0 Å². The molecule has 0 heterocycles. The summed E-state index contributed by atoms with van der Waals surface area (Å²) >= 11 is 0. The Morgan fingerprint density at radius 3 is 2.48 bits per heavy atom. The molecular weight excluding hydrogens is 282 g/mol. The van der Waals surface area contributed by atoms with E-state index in [2.05, 4.69) is 19.3 Å². The highest BCUT2D eigenvalue weighted by Gasteiger charge is 2.57. The first-order chi connectivity index (χ1) is 11.0. The molecule has 4 fully saturated rings. The lowest BCUT2D eigenvalue weighted by Crippen LogP contribution is -2.50. The van der Waals surface area contributed by atoms with Gasteiger partial charge in [0.05, 0.1) is 6.10 Å². The van der Waals surface area contributed by atoms with Crippen molar-refractivity contribution in [3.63, 3.8) is 0 Å². The van der Waals surface area contributed by atoms with Crippen LogP contribution in [0.2, 0.25) is 0 Å². The highest BCUT2D eigenvalue weighted by Crippen LogP contribution is 2.64. The second kappa shape index (κ2) is 6.02. The van der Waals surface area contributed by atoms with Gasteiger partial charge in [0, 0.05) is 6.04 Å². The maximum atomic E-state index is 10.3. The van der Waals surface area contributed by atoms with E-state index in [9.17, 15) is 5.11 Å². The van der Waals surface area contributed by atoms with Gasteiger partial charge in [0.25, 0.3) is 0 Å². The van der Waals surface area contributed by atoms with Gasteiger partial charge in [0.15, 0.2) is 0 Å². The zero-order valence-corrected chi connectivity index (χ0v) is 15.4.